The van der Waals surface area contributed by atoms with Crippen LogP contribution in [-0.2, 0) is 11.2 Å². The zero-order chi connectivity index (χ0) is 12.4. The van der Waals surface area contributed by atoms with E-state index in [1.54, 1.807) is 6.92 Å². The minimum absolute atomic E-state index is 0.600. The van der Waals surface area contributed by atoms with Crippen molar-refractivity contribution in [2.24, 2.45) is 0 Å². The molecule has 0 aliphatic heterocycles. The van der Waals surface area contributed by atoms with E-state index in [0.29, 0.717) is 5.82 Å². The predicted octanol–water partition coefficient (Wildman–Crippen LogP) is 2.14. The first-order valence-corrected chi connectivity index (χ1v) is 6.23. The second-order valence-corrected chi connectivity index (χ2v) is 4.58. The molecule has 0 fully saturated rings. The smallest absolute Gasteiger partial charge is 0.325 e. The number of hydrogen-bond donors (Lipinski definition) is 2. The van der Waals surface area contributed by atoms with Crippen molar-refractivity contribution >= 4 is 33.3 Å². The molecule has 0 bridgehead atoms. The first-order chi connectivity index (χ1) is 8.11. The van der Waals surface area contributed by atoms with Crippen LogP contribution in [0.15, 0.2) is 11.4 Å². The quantitative estimate of drug-likeness (QED) is 0.870. The molecule has 0 radical (unpaired) electrons. The number of carboxylic acid groups (broad SMARTS) is 1. The number of carbonyl (C=O) groups is 1. The van der Waals surface area contributed by atoms with Gasteiger partial charge in [-0.1, -0.05) is 6.92 Å². The number of aromatic nitrogens is 2. The van der Waals surface area contributed by atoms with E-state index in [0.717, 1.165) is 22.5 Å². The maximum Gasteiger partial charge on any atom is 0.325 e. The van der Waals surface area contributed by atoms with Crippen LogP contribution in [0.3, 0.4) is 0 Å². The molecule has 0 amide bonds. The van der Waals surface area contributed by atoms with E-state index >= 15 is 0 Å². The van der Waals surface area contributed by atoms with Crippen molar-refractivity contribution in [3.05, 3.63) is 17.3 Å². The summed E-state index contributed by atoms with van der Waals surface area (Å²) in [6.45, 7) is 3.56. The molecule has 1 atom stereocenters. The minimum Gasteiger partial charge on any atom is -0.480 e. The molecule has 0 aliphatic carbocycles. The molecule has 0 spiro atoms. The summed E-state index contributed by atoms with van der Waals surface area (Å²) in [6.07, 6.45) is 0.726. The number of thiophene rings is 1. The molecule has 0 aliphatic rings. The average molecular weight is 251 g/mol. The number of hydrogen-bond acceptors (Lipinski definition) is 5. The van der Waals surface area contributed by atoms with Gasteiger partial charge in [-0.15, -0.1) is 11.3 Å². The Balaban J connectivity index is 2.43. The summed E-state index contributed by atoms with van der Waals surface area (Å²) in [4.78, 5) is 20.4. The van der Waals surface area contributed by atoms with Gasteiger partial charge in [-0.2, -0.15) is 0 Å². The van der Waals surface area contributed by atoms with Crippen molar-refractivity contribution in [2.75, 3.05) is 5.32 Å². The molecule has 5 nitrogen and oxygen atoms in total. The first-order valence-electron chi connectivity index (χ1n) is 5.35. The van der Waals surface area contributed by atoms with Gasteiger partial charge in [0.25, 0.3) is 0 Å². The van der Waals surface area contributed by atoms with Gasteiger partial charge < -0.3 is 10.4 Å². The van der Waals surface area contributed by atoms with E-state index in [9.17, 15) is 4.79 Å². The number of fused-ring (bicyclic) bond motifs is 1. The van der Waals surface area contributed by atoms with Crippen molar-refractivity contribution in [3.63, 3.8) is 0 Å². The predicted molar refractivity (Wildman–Crippen MR) is 67.5 cm³/mol. The fourth-order valence-electron chi connectivity index (χ4n) is 1.43. The van der Waals surface area contributed by atoms with Gasteiger partial charge in [0.15, 0.2) is 0 Å². The number of rotatable bonds is 4. The highest BCUT2D eigenvalue weighted by Gasteiger charge is 2.14. The van der Waals surface area contributed by atoms with Crippen LogP contribution in [0.4, 0.5) is 5.82 Å². The van der Waals surface area contributed by atoms with E-state index in [4.69, 9.17) is 5.11 Å². The summed E-state index contributed by atoms with van der Waals surface area (Å²) in [5.41, 5.74) is 0. The highest BCUT2D eigenvalue weighted by atomic mass is 32.1. The Labute approximate surface area is 103 Å². The van der Waals surface area contributed by atoms with E-state index in [2.05, 4.69) is 15.3 Å². The van der Waals surface area contributed by atoms with Gasteiger partial charge >= 0.3 is 5.97 Å². The third-order valence-corrected chi connectivity index (χ3v) is 3.22. The van der Waals surface area contributed by atoms with Gasteiger partial charge in [-0.25, -0.2) is 9.97 Å². The maximum atomic E-state index is 10.8. The van der Waals surface area contributed by atoms with Crippen molar-refractivity contribution in [3.8, 4) is 0 Å². The lowest BCUT2D eigenvalue weighted by Crippen LogP contribution is -2.26. The highest BCUT2D eigenvalue weighted by Crippen LogP contribution is 2.25. The van der Waals surface area contributed by atoms with Gasteiger partial charge in [0, 0.05) is 6.42 Å². The topological polar surface area (TPSA) is 75.1 Å². The monoisotopic (exact) mass is 251 g/mol. The van der Waals surface area contributed by atoms with Crippen molar-refractivity contribution in [2.45, 2.75) is 26.3 Å². The lowest BCUT2D eigenvalue weighted by atomic mass is 10.3. The van der Waals surface area contributed by atoms with Gasteiger partial charge in [-0.3, -0.25) is 4.79 Å². The number of nitrogens with one attached hydrogen (secondary N) is 1. The Hall–Kier alpha value is -1.69. The van der Waals surface area contributed by atoms with Gasteiger partial charge in [0.1, 0.15) is 22.5 Å². The fourth-order valence-corrected chi connectivity index (χ4v) is 2.22. The lowest BCUT2D eigenvalue weighted by Gasteiger charge is -2.11. The molecular weight excluding hydrogens is 238 g/mol. The molecule has 2 N–H and O–H groups in total. The third kappa shape index (κ3) is 2.36. The number of aliphatic carboxylic acids is 1. The molecule has 2 aromatic heterocycles. The summed E-state index contributed by atoms with van der Waals surface area (Å²) in [5, 5.41) is 14.6. The van der Waals surface area contributed by atoms with Crippen LogP contribution in [0.5, 0.6) is 0 Å². The molecule has 17 heavy (non-hydrogen) atoms. The van der Waals surface area contributed by atoms with E-state index < -0.39 is 12.0 Å². The molecule has 2 rings (SSSR count). The molecule has 90 valence electrons. The molecule has 0 aromatic carbocycles. The van der Waals surface area contributed by atoms with Crippen molar-refractivity contribution in [1.29, 1.82) is 0 Å². The molecule has 6 heteroatoms. The highest BCUT2D eigenvalue weighted by molar-refractivity contribution is 7.16. The Morgan fingerprint density at radius 1 is 1.59 bits per heavy atom. The molecule has 0 saturated carbocycles. The second-order valence-electron chi connectivity index (χ2n) is 3.69. The SMILES string of the molecule is CCc1nc(NC(C)C(=O)O)c2ccsc2n1. The molecule has 0 saturated heterocycles. The van der Waals surface area contributed by atoms with Crippen LogP contribution in [-0.4, -0.2) is 27.1 Å². The second kappa shape index (κ2) is 4.67. The summed E-state index contributed by atoms with van der Waals surface area (Å²) in [6, 6.07) is 1.23. The van der Waals surface area contributed by atoms with E-state index in [-0.39, 0.29) is 0 Å². The van der Waals surface area contributed by atoms with Gasteiger partial charge in [-0.05, 0) is 18.4 Å². The number of nitrogens with zero attached hydrogens (tertiary/aromatic N) is 2. The van der Waals surface area contributed by atoms with Crippen LogP contribution >= 0.6 is 11.3 Å². The molecule has 1 unspecified atom stereocenters. The number of carboxylic acids is 1. The van der Waals surface area contributed by atoms with E-state index in [1.165, 1.54) is 11.3 Å². The Bertz CT molecular complexity index is 553. The number of anilines is 1. The van der Waals surface area contributed by atoms with Crippen LogP contribution in [0.1, 0.15) is 19.7 Å². The van der Waals surface area contributed by atoms with Crippen LogP contribution < -0.4 is 5.32 Å². The summed E-state index contributed by atoms with van der Waals surface area (Å²) in [7, 11) is 0. The maximum absolute atomic E-state index is 10.8. The molecule has 2 heterocycles. The third-order valence-electron chi connectivity index (χ3n) is 2.41. The largest absolute Gasteiger partial charge is 0.480 e. The standard InChI is InChI=1S/C11H13N3O2S/c1-3-8-13-9(12-6(2)11(15)16)7-4-5-17-10(7)14-8/h4-6H,3H2,1-2H3,(H,15,16)(H,12,13,14). The Morgan fingerprint density at radius 3 is 3.00 bits per heavy atom. The van der Waals surface area contributed by atoms with Gasteiger partial charge in [0.2, 0.25) is 0 Å². The average Bonchev–Trinajstić information content (AvgIpc) is 2.76. The fraction of sp³-hybridized carbons (Fsp3) is 0.364. The summed E-state index contributed by atoms with van der Waals surface area (Å²) < 4.78 is 0. The Morgan fingerprint density at radius 2 is 2.35 bits per heavy atom. The molecule has 2 aromatic rings. The summed E-state index contributed by atoms with van der Waals surface area (Å²) >= 11 is 1.53. The Kier molecular flexibility index (Phi) is 3.23. The first kappa shape index (κ1) is 11.8. The summed E-state index contributed by atoms with van der Waals surface area (Å²) in [5.74, 6) is 0.424. The normalized spacial score (nSPS) is 12.6. The molecular formula is C11H13N3O2S. The number of aryl methyl sites for hydroxylation is 1. The van der Waals surface area contributed by atoms with E-state index in [1.807, 2.05) is 18.4 Å². The van der Waals surface area contributed by atoms with Crippen molar-refractivity contribution in [1.82, 2.24) is 9.97 Å². The van der Waals surface area contributed by atoms with Gasteiger partial charge in [0.05, 0.1) is 5.39 Å². The minimum atomic E-state index is -0.898. The van der Waals surface area contributed by atoms with Crippen molar-refractivity contribution < 1.29 is 9.90 Å². The lowest BCUT2D eigenvalue weighted by molar-refractivity contribution is -0.137. The zero-order valence-electron chi connectivity index (χ0n) is 9.60. The van der Waals surface area contributed by atoms with Crippen LogP contribution in [0.2, 0.25) is 0 Å². The van der Waals surface area contributed by atoms with Crippen LogP contribution in [0.25, 0.3) is 10.2 Å². The zero-order valence-corrected chi connectivity index (χ0v) is 10.4. The van der Waals surface area contributed by atoms with Crippen LogP contribution in [0, 0.1) is 0 Å².